The molecule has 3 atom stereocenters. The lowest BCUT2D eigenvalue weighted by atomic mass is 9.90. The van der Waals surface area contributed by atoms with Gasteiger partial charge in [-0.1, -0.05) is 26.8 Å². The lowest BCUT2D eigenvalue weighted by Crippen LogP contribution is -2.30. The predicted molar refractivity (Wildman–Crippen MR) is 60.3 cm³/mol. The molecule has 0 radical (unpaired) electrons. The fraction of sp³-hybridized carbons (Fsp3) is 0.769. The lowest BCUT2D eigenvalue weighted by Gasteiger charge is -2.18. The zero-order valence-corrected chi connectivity index (χ0v) is 10.2. The summed E-state index contributed by atoms with van der Waals surface area (Å²) in [4.78, 5) is 10.9. The second-order valence-electron chi connectivity index (χ2n) is 6.20. The molecule has 90 valence electrons. The van der Waals surface area contributed by atoms with Crippen LogP contribution in [0.4, 0.5) is 0 Å². The number of hydrogen-bond acceptors (Lipinski definition) is 3. The number of aliphatic carboxylic acids is 1. The molecule has 3 unspecified atom stereocenters. The van der Waals surface area contributed by atoms with Crippen LogP contribution in [-0.4, -0.2) is 12.5 Å². The molecule has 0 bridgehead atoms. The maximum absolute atomic E-state index is 10.9. The van der Waals surface area contributed by atoms with E-state index >= 15 is 0 Å². The van der Waals surface area contributed by atoms with Crippen LogP contribution in [0.25, 0.3) is 0 Å². The summed E-state index contributed by atoms with van der Waals surface area (Å²) in [5, 5.41) is 14.3. The van der Waals surface area contributed by atoms with E-state index in [4.69, 9.17) is 0 Å². The van der Waals surface area contributed by atoms with Crippen LogP contribution in [0.3, 0.4) is 0 Å². The zero-order chi connectivity index (χ0) is 11.9. The summed E-state index contributed by atoms with van der Waals surface area (Å²) >= 11 is 0. The molecule has 3 heteroatoms. The summed E-state index contributed by atoms with van der Waals surface area (Å²) in [6.45, 7) is 7.43. The van der Waals surface area contributed by atoms with Crippen molar-refractivity contribution in [3.63, 3.8) is 0 Å². The van der Waals surface area contributed by atoms with Crippen LogP contribution in [0, 0.1) is 23.2 Å². The van der Waals surface area contributed by atoms with Gasteiger partial charge in [-0.05, 0) is 30.1 Å². The molecule has 0 spiro atoms. The van der Waals surface area contributed by atoms with E-state index in [1.54, 1.807) is 0 Å². The summed E-state index contributed by atoms with van der Waals surface area (Å²) in [7, 11) is 0. The number of fused-ring (bicyclic) bond motifs is 1. The molecule has 1 heterocycles. The van der Waals surface area contributed by atoms with Gasteiger partial charge in [0, 0.05) is 24.1 Å². The van der Waals surface area contributed by atoms with Crippen LogP contribution in [0.1, 0.15) is 33.6 Å². The van der Waals surface area contributed by atoms with E-state index in [0.29, 0.717) is 11.8 Å². The van der Waals surface area contributed by atoms with Crippen LogP contribution in [-0.2, 0) is 4.79 Å². The fourth-order valence-electron chi connectivity index (χ4n) is 2.93. The first-order chi connectivity index (χ1) is 7.37. The van der Waals surface area contributed by atoms with Crippen LogP contribution < -0.4 is 10.4 Å². The van der Waals surface area contributed by atoms with E-state index in [9.17, 15) is 9.90 Å². The Hall–Kier alpha value is -0.990. The molecule has 1 saturated heterocycles. The van der Waals surface area contributed by atoms with E-state index in [2.05, 4.69) is 32.2 Å². The quantitative estimate of drug-likeness (QED) is 0.717. The Kier molecular flexibility index (Phi) is 2.72. The molecule has 0 aromatic rings. The molecule has 1 N–H and O–H groups in total. The van der Waals surface area contributed by atoms with Crippen LogP contribution in [0.15, 0.2) is 11.8 Å². The number of carbonyl (C=O) groups excluding carboxylic acids is 1. The highest BCUT2D eigenvalue weighted by Crippen LogP contribution is 2.43. The number of carbonyl (C=O) groups is 1. The van der Waals surface area contributed by atoms with Gasteiger partial charge in [-0.2, -0.15) is 0 Å². The van der Waals surface area contributed by atoms with E-state index in [0.717, 1.165) is 19.4 Å². The molecule has 1 saturated carbocycles. The highest BCUT2D eigenvalue weighted by atomic mass is 16.4. The Morgan fingerprint density at radius 1 is 1.44 bits per heavy atom. The summed E-state index contributed by atoms with van der Waals surface area (Å²) < 4.78 is 0. The van der Waals surface area contributed by atoms with Crippen LogP contribution >= 0.6 is 0 Å². The molecule has 0 aromatic carbocycles. The van der Waals surface area contributed by atoms with Crippen molar-refractivity contribution in [3.8, 4) is 0 Å². The Morgan fingerprint density at radius 2 is 2.12 bits per heavy atom. The minimum atomic E-state index is -0.871. The average Bonchev–Trinajstić information content (AvgIpc) is 2.64. The molecule has 2 rings (SSSR count). The number of carboxylic acids is 1. The van der Waals surface area contributed by atoms with Crippen molar-refractivity contribution in [2.75, 3.05) is 6.54 Å². The molecular weight excluding hydrogens is 202 g/mol. The summed E-state index contributed by atoms with van der Waals surface area (Å²) in [6.07, 6.45) is 3.78. The van der Waals surface area contributed by atoms with Crippen molar-refractivity contribution in [1.82, 2.24) is 5.32 Å². The highest BCUT2D eigenvalue weighted by Gasteiger charge is 2.41. The number of hydrogen-bond donors (Lipinski definition) is 1. The van der Waals surface area contributed by atoms with Crippen molar-refractivity contribution in [2.45, 2.75) is 33.6 Å². The van der Waals surface area contributed by atoms with Gasteiger partial charge in [0.2, 0.25) is 0 Å². The summed E-state index contributed by atoms with van der Waals surface area (Å²) in [6, 6.07) is 0. The zero-order valence-electron chi connectivity index (χ0n) is 10.2. The third kappa shape index (κ3) is 2.23. The van der Waals surface area contributed by atoms with Gasteiger partial charge < -0.3 is 15.2 Å². The van der Waals surface area contributed by atoms with Gasteiger partial charge in [-0.15, -0.1) is 0 Å². The predicted octanol–water partition coefficient (Wildman–Crippen LogP) is 0.912. The van der Waals surface area contributed by atoms with Gasteiger partial charge in [0.25, 0.3) is 0 Å². The molecule has 0 aromatic heterocycles. The van der Waals surface area contributed by atoms with Crippen LogP contribution in [0.5, 0.6) is 0 Å². The summed E-state index contributed by atoms with van der Waals surface area (Å²) in [5.41, 5.74) is 1.40. The average molecular weight is 222 g/mol. The Bertz CT molecular complexity index is 327. The smallest absolute Gasteiger partial charge is 0.0445 e. The third-order valence-corrected chi connectivity index (χ3v) is 3.58. The lowest BCUT2D eigenvalue weighted by molar-refractivity contribution is -0.311. The first-order valence-corrected chi connectivity index (χ1v) is 6.04. The molecule has 1 aliphatic carbocycles. The van der Waals surface area contributed by atoms with E-state index < -0.39 is 5.97 Å². The molecule has 2 aliphatic rings. The Morgan fingerprint density at radius 3 is 2.69 bits per heavy atom. The fourth-order valence-corrected chi connectivity index (χ4v) is 2.93. The number of carboxylic acid groups (broad SMARTS) is 1. The molecule has 16 heavy (non-hydrogen) atoms. The van der Waals surface area contributed by atoms with Crippen molar-refractivity contribution in [3.05, 3.63) is 11.8 Å². The van der Waals surface area contributed by atoms with E-state index in [-0.39, 0.29) is 11.3 Å². The minimum absolute atomic E-state index is 0.150. The minimum Gasteiger partial charge on any atom is -0.550 e. The number of allylic oxidation sites excluding steroid dienone is 2. The second-order valence-corrected chi connectivity index (χ2v) is 6.20. The Balaban J connectivity index is 2.11. The number of rotatable bonds is 1. The standard InChI is InChI=1S/C13H21NO2/c1-13(2,3)6-11-10-5-8(12(15)16)4-9(10)7-14-11/h6,8-10,14H,4-5,7H2,1-3H3,(H,15,16)/p-1/b11-6-. The van der Waals surface area contributed by atoms with Crippen molar-refractivity contribution in [1.29, 1.82) is 0 Å². The molecule has 2 fully saturated rings. The van der Waals surface area contributed by atoms with Crippen molar-refractivity contribution in [2.24, 2.45) is 23.2 Å². The topological polar surface area (TPSA) is 52.2 Å². The van der Waals surface area contributed by atoms with Gasteiger partial charge >= 0.3 is 0 Å². The third-order valence-electron chi connectivity index (χ3n) is 3.58. The van der Waals surface area contributed by atoms with E-state index in [1.807, 2.05) is 0 Å². The molecular formula is C13H20NO2-. The van der Waals surface area contributed by atoms with Gasteiger partial charge in [0.15, 0.2) is 0 Å². The van der Waals surface area contributed by atoms with Gasteiger partial charge in [0.1, 0.15) is 0 Å². The molecule has 3 nitrogen and oxygen atoms in total. The normalized spacial score (nSPS) is 36.2. The van der Waals surface area contributed by atoms with Gasteiger partial charge in [0.05, 0.1) is 0 Å². The van der Waals surface area contributed by atoms with Gasteiger partial charge in [-0.3, -0.25) is 0 Å². The summed E-state index contributed by atoms with van der Waals surface area (Å²) in [5.74, 6) is -0.191. The maximum atomic E-state index is 10.9. The first-order valence-electron chi connectivity index (χ1n) is 6.04. The van der Waals surface area contributed by atoms with Crippen molar-refractivity contribution >= 4 is 5.97 Å². The first kappa shape index (κ1) is 11.5. The maximum Gasteiger partial charge on any atom is 0.0445 e. The van der Waals surface area contributed by atoms with E-state index in [1.165, 1.54) is 5.70 Å². The highest BCUT2D eigenvalue weighted by molar-refractivity contribution is 5.68. The second kappa shape index (κ2) is 3.79. The van der Waals surface area contributed by atoms with Crippen LogP contribution in [0.2, 0.25) is 0 Å². The Labute approximate surface area is 96.9 Å². The molecule has 0 amide bonds. The largest absolute Gasteiger partial charge is 0.550 e. The van der Waals surface area contributed by atoms with Gasteiger partial charge in [-0.25, -0.2) is 0 Å². The monoisotopic (exact) mass is 222 g/mol. The number of nitrogens with one attached hydrogen (secondary N) is 1. The molecule has 1 aliphatic heterocycles. The van der Waals surface area contributed by atoms with Crippen molar-refractivity contribution < 1.29 is 9.90 Å². The SMILES string of the molecule is CC(C)(C)/C=C1\NCC2CC(C(=O)[O-])CC12.